The van der Waals surface area contributed by atoms with E-state index in [-0.39, 0.29) is 0 Å². The number of nitrogens with zero attached hydrogens (tertiary/aromatic N) is 1. The molecule has 0 bridgehead atoms. The van der Waals surface area contributed by atoms with Crippen LogP contribution in [0.15, 0.2) is 42.5 Å². The van der Waals surface area contributed by atoms with E-state index in [1.807, 2.05) is 6.07 Å². The van der Waals surface area contributed by atoms with Gasteiger partial charge in [-0.15, -0.1) is 11.3 Å². The zero-order valence-corrected chi connectivity index (χ0v) is 13.3. The zero-order valence-electron chi connectivity index (χ0n) is 12.5. The lowest BCUT2D eigenvalue weighted by Crippen LogP contribution is -2.17. The molecule has 0 radical (unpaired) electrons. The topological polar surface area (TPSA) is 24.9 Å². The second-order valence-corrected chi connectivity index (χ2v) is 6.55. The third kappa shape index (κ3) is 3.49. The Labute approximate surface area is 129 Å². The van der Waals surface area contributed by atoms with Gasteiger partial charge in [-0.1, -0.05) is 35.9 Å². The Balaban J connectivity index is 1.54. The highest BCUT2D eigenvalue weighted by Crippen LogP contribution is 2.21. The Kier molecular flexibility index (Phi) is 4.32. The van der Waals surface area contributed by atoms with Gasteiger partial charge in [-0.05, 0) is 37.1 Å². The van der Waals surface area contributed by atoms with Crippen LogP contribution in [-0.2, 0) is 13.0 Å². The van der Waals surface area contributed by atoms with Crippen molar-refractivity contribution in [2.24, 2.45) is 0 Å². The molecule has 0 amide bonds. The number of thiazole rings is 1. The van der Waals surface area contributed by atoms with Crippen LogP contribution in [0.25, 0.3) is 10.2 Å². The summed E-state index contributed by atoms with van der Waals surface area (Å²) in [5.74, 6) is 0. The molecular formula is C18H20N2S. The van der Waals surface area contributed by atoms with Gasteiger partial charge >= 0.3 is 0 Å². The highest BCUT2D eigenvalue weighted by atomic mass is 32.1. The first-order chi connectivity index (χ1) is 10.2. The second kappa shape index (κ2) is 6.37. The summed E-state index contributed by atoms with van der Waals surface area (Å²) in [5.41, 5.74) is 5.19. The molecule has 0 saturated heterocycles. The maximum absolute atomic E-state index is 4.66. The minimum atomic E-state index is 0.928. The van der Waals surface area contributed by atoms with E-state index >= 15 is 0 Å². The van der Waals surface area contributed by atoms with Crippen LogP contribution in [0.1, 0.15) is 21.7 Å². The van der Waals surface area contributed by atoms with Crippen LogP contribution >= 0.6 is 11.3 Å². The molecule has 0 unspecified atom stereocenters. The largest absolute Gasteiger partial charge is 0.312 e. The molecule has 108 valence electrons. The standard InChI is InChI=1S/C18H20N2S/c1-13-7-8-15(14(2)11-13)12-19-10-9-18-20-16-5-3-4-6-17(16)21-18/h3-8,11,19H,9-10,12H2,1-2H3. The van der Waals surface area contributed by atoms with E-state index in [0.717, 1.165) is 25.0 Å². The van der Waals surface area contributed by atoms with Crippen molar-refractivity contribution in [2.75, 3.05) is 6.54 Å². The molecule has 0 saturated carbocycles. The lowest BCUT2D eigenvalue weighted by atomic mass is 10.1. The summed E-state index contributed by atoms with van der Waals surface area (Å²) in [6.45, 7) is 6.21. The predicted molar refractivity (Wildman–Crippen MR) is 90.9 cm³/mol. The molecule has 0 aliphatic rings. The van der Waals surface area contributed by atoms with E-state index in [1.54, 1.807) is 11.3 Å². The smallest absolute Gasteiger partial charge is 0.0951 e. The Morgan fingerprint density at radius 3 is 2.76 bits per heavy atom. The summed E-state index contributed by atoms with van der Waals surface area (Å²) in [6.07, 6.45) is 0.990. The molecule has 0 aliphatic heterocycles. The van der Waals surface area contributed by atoms with Gasteiger partial charge in [-0.25, -0.2) is 4.98 Å². The normalized spacial score (nSPS) is 11.1. The molecule has 0 spiro atoms. The van der Waals surface area contributed by atoms with Crippen LogP contribution in [-0.4, -0.2) is 11.5 Å². The number of hydrogen-bond donors (Lipinski definition) is 1. The molecule has 3 heteroatoms. The fourth-order valence-corrected chi connectivity index (χ4v) is 3.46. The van der Waals surface area contributed by atoms with Crippen LogP contribution in [0.4, 0.5) is 0 Å². The molecule has 0 fully saturated rings. The Morgan fingerprint density at radius 2 is 1.95 bits per heavy atom. The van der Waals surface area contributed by atoms with Crippen molar-refractivity contribution >= 4 is 21.6 Å². The van der Waals surface area contributed by atoms with Crippen LogP contribution in [0.5, 0.6) is 0 Å². The number of benzene rings is 2. The fourth-order valence-electron chi connectivity index (χ4n) is 2.49. The summed E-state index contributed by atoms with van der Waals surface area (Å²) < 4.78 is 1.28. The molecular weight excluding hydrogens is 276 g/mol. The van der Waals surface area contributed by atoms with E-state index in [1.165, 1.54) is 26.4 Å². The molecule has 0 atom stereocenters. The van der Waals surface area contributed by atoms with Gasteiger partial charge in [0.05, 0.1) is 15.2 Å². The average molecular weight is 296 g/mol. The van der Waals surface area contributed by atoms with Crippen molar-refractivity contribution in [3.63, 3.8) is 0 Å². The highest BCUT2D eigenvalue weighted by Gasteiger charge is 2.03. The average Bonchev–Trinajstić information content (AvgIpc) is 2.88. The summed E-state index contributed by atoms with van der Waals surface area (Å²) in [7, 11) is 0. The monoisotopic (exact) mass is 296 g/mol. The van der Waals surface area contributed by atoms with E-state index in [4.69, 9.17) is 0 Å². The number of aryl methyl sites for hydroxylation is 2. The lowest BCUT2D eigenvalue weighted by molar-refractivity contribution is 0.683. The highest BCUT2D eigenvalue weighted by molar-refractivity contribution is 7.18. The zero-order chi connectivity index (χ0) is 14.7. The van der Waals surface area contributed by atoms with Crippen LogP contribution in [0.3, 0.4) is 0 Å². The molecule has 1 N–H and O–H groups in total. The van der Waals surface area contributed by atoms with Gasteiger partial charge in [0.1, 0.15) is 0 Å². The quantitative estimate of drug-likeness (QED) is 0.712. The van der Waals surface area contributed by atoms with E-state index in [2.05, 4.69) is 60.5 Å². The van der Waals surface area contributed by atoms with Crippen molar-refractivity contribution in [1.29, 1.82) is 0 Å². The van der Waals surface area contributed by atoms with E-state index in [9.17, 15) is 0 Å². The number of para-hydroxylation sites is 1. The third-order valence-electron chi connectivity index (χ3n) is 3.67. The van der Waals surface area contributed by atoms with Gasteiger partial charge in [0.25, 0.3) is 0 Å². The molecule has 3 aromatic rings. The lowest BCUT2D eigenvalue weighted by Gasteiger charge is -2.08. The van der Waals surface area contributed by atoms with Crippen molar-refractivity contribution < 1.29 is 0 Å². The number of nitrogens with one attached hydrogen (secondary N) is 1. The minimum Gasteiger partial charge on any atom is -0.312 e. The maximum Gasteiger partial charge on any atom is 0.0951 e. The molecule has 2 nitrogen and oxygen atoms in total. The SMILES string of the molecule is Cc1ccc(CNCCc2nc3ccccc3s2)c(C)c1. The summed E-state index contributed by atoms with van der Waals surface area (Å²) >= 11 is 1.80. The van der Waals surface area contributed by atoms with Crippen molar-refractivity contribution in [1.82, 2.24) is 10.3 Å². The van der Waals surface area contributed by atoms with Crippen LogP contribution in [0.2, 0.25) is 0 Å². The molecule has 1 aromatic heterocycles. The van der Waals surface area contributed by atoms with Crippen LogP contribution < -0.4 is 5.32 Å². The number of rotatable bonds is 5. The van der Waals surface area contributed by atoms with Gasteiger partial charge in [0, 0.05) is 19.5 Å². The maximum atomic E-state index is 4.66. The summed E-state index contributed by atoms with van der Waals surface area (Å²) in [5, 5.41) is 4.73. The van der Waals surface area contributed by atoms with Crippen molar-refractivity contribution in [2.45, 2.75) is 26.8 Å². The van der Waals surface area contributed by atoms with Gasteiger partial charge < -0.3 is 5.32 Å². The summed E-state index contributed by atoms with van der Waals surface area (Å²) in [4.78, 5) is 4.66. The Hall–Kier alpha value is -1.71. The third-order valence-corrected chi connectivity index (χ3v) is 4.76. The molecule has 1 heterocycles. The fraction of sp³-hybridized carbons (Fsp3) is 0.278. The summed E-state index contributed by atoms with van der Waals surface area (Å²) in [6, 6.07) is 15.0. The predicted octanol–water partition coefficient (Wildman–Crippen LogP) is 4.25. The van der Waals surface area contributed by atoms with Gasteiger partial charge in [0.15, 0.2) is 0 Å². The van der Waals surface area contributed by atoms with Crippen molar-refractivity contribution in [3.05, 3.63) is 64.2 Å². The molecule has 3 rings (SSSR count). The Morgan fingerprint density at radius 1 is 1.10 bits per heavy atom. The van der Waals surface area contributed by atoms with Gasteiger partial charge in [0.2, 0.25) is 0 Å². The first kappa shape index (κ1) is 14.2. The molecule has 0 aliphatic carbocycles. The number of fused-ring (bicyclic) bond motifs is 1. The van der Waals surface area contributed by atoms with Crippen molar-refractivity contribution in [3.8, 4) is 0 Å². The first-order valence-electron chi connectivity index (χ1n) is 7.34. The first-order valence-corrected chi connectivity index (χ1v) is 8.15. The Bertz CT molecular complexity index is 713. The number of hydrogen-bond acceptors (Lipinski definition) is 3. The van der Waals surface area contributed by atoms with E-state index in [0.29, 0.717) is 0 Å². The van der Waals surface area contributed by atoms with Gasteiger partial charge in [-0.2, -0.15) is 0 Å². The second-order valence-electron chi connectivity index (χ2n) is 5.43. The minimum absolute atomic E-state index is 0.928. The van der Waals surface area contributed by atoms with E-state index < -0.39 is 0 Å². The molecule has 21 heavy (non-hydrogen) atoms. The molecule has 2 aromatic carbocycles. The van der Waals surface area contributed by atoms with Crippen LogP contribution in [0, 0.1) is 13.8 Å². The number of aromatic nitrogens is 1. The van der Waals surface area contributed by atoms with Gasteiger partial charge in [-0.3, -0.25) is 0 Å².